The lowest BCUT2D eigenvalue weighted by Crippen LogP contribution is -2.26. The van der Waals surface area contributed by atoms with Crippen LogP contribution in [0.5, 0.6) is 0 Å². The van der Waals surface area contributed by atoms with E-state index >= 15 is 0 Å². The van der Waals surface area contributed by atoms with E-state index in [-0.39, 0.29) is 23.6 Å². The lowest BCUT2D eigenvalue weighted by Gasteiger charge is -2.04. The number of carbonyl (C=O) groups excluding carboxylic acids is 3. The molecule has 0 aliphatic carbocycles. The average molecular weight is 209 g/mol. The first-order valence-corrected chi connectivity index (χ1v) is 4.57. The molecule has 0 aromatic heterocycles. The molecular formula is C11H15NO3. The van der Waals surface area contributed by atoms with E-state index in [1.165, 1.54) is 26.0 Å². The lowest BCUT2D eigenvalue weighted by atomic mass is 10.1. The third-order valence-corrected chi connectivity index (χ3v) is 1.52. The Morgan fingerprint density at radius 2 is 1.87 bits per heavy atom. The smallest absolute Gasteiger partial charge is 0.248 e. The highest BCUT2D eigenvalue weighted by Crippen LogP contribution is 2.02. The molecule has 0 bridgehead atoms. The minimum Gasteiger partial charge on any atom is -0.349 e. The Morgan fingerprint density at radius 1 is 1.27 bits per heavy atom. The molecule has 0 spiro atoms. The van der Waals surface area contributed by atoms with Crippen molar-refractivity contribution in [3.8, 4) is 0 Å². The Balaban J connectivity index is 4.62. The van der Waals surface area contributed by atoms with Crippen molar-refractivity contribution >= 4 is 17.5 Å². The third-order valence-electron chi connectivity index (χ3n) is 1.52. The minimum absolute atomic E-state index is 0.0252. The molecule has 0 unspecified atom stereocenters. The van der Waals surface area contributed by atoms with E-state index in [2.05, 4.69) is 11.9 Å². The van der Waals surface area contributed by atoms with E-state index in [1.807, 2.05) is 0 Å². The number of hydrogen-bond acceptors (Lipinski definition) is 3. The van der Waals surface area contributed by atoms with Gasteiger partial charge < -0.3 is 5.32 Å². The summed E-state index contributed by atoms with van der Waals surface area (Å²) in [6, 6.07) is 0. The standard InChI is InChI=1S/C11H15NO3/c1-4-5-12-11(15)10(6-8(2)13)7-9(3)14/h4,6H,1,5,7H2,2-3H3,(H,12,15)/b10-6-. The SMILES string of the molecule is C=CCNC(=O)/C(=C\C(C)=O)CC(C)=O. The van der Waals surface area contributed by atoms with Crippen LogP contribution in [0.15, 0.2) is 24.3 Å². The molecule has 0 heterocycles. The molecule has 1 amide bonds. The van der Waals surface area contributed by atoms with Crippen molar-refractivity contribution in [3.05, 3.63) is 24.3 Å². The van der Waals surface area contributed by atoms with Gasteiger partial charge in [-0.15, -0.1) is 6.58 Å². The van der Waals surface area contributed by atoms with Crippen molar-refractivity contribution in [3.63, 3.8) is 0 Å². The van der Waals surface area contributed by atoms with E-state index in [0.29, 0.717) is 6.54 Å². The largest absolute Gasteiger partial charge is 0.349 e. The molecule has 0 aromatic rings. The molecule has 15 heavy (non-hydrogen) atoms. The maximum atomic E-state index is 11.4. The van der Waals surface area contributed by atoms with Crippen molar-refractivity contribution in [2.24, 2.45) is 0 Å². The Morgan fingerprint density at radius 3 is 2.27 bits per heavy atom. The molecule has 0 rings (SSSR count). The summed E-state index contributed by atoms with van der Waals surface area (Å²) >= 11 is 0. The van der Waals surface area contributed by atoms with Gasteiger partial charge in [-0.2, -0.15) is 0 Å². The first-order valence-electron chi connectivity index (χ1n) is 4.57. The first kappa shape index (κ1) is 13.3. The topological polar surface area (TPSA) is 63.2 Å². The van der Waals surface area contributed by atoms with Gasteiger partial charge in [0.05, 0.1) is 0 Å². The van der Waals surface area contributed by atoms with Crippen molar-refractivity contribution in [1.29, 1.82) is 0 Å². The average Bonchev–Trinajstić information content (AvgIpc) is 2.11. The normalized spacial score (nSPS) is 10.7. The van der Waals surface area contributed by atoms with Crippen molar-refractivity contribution in [2.45, 2.75) is 20.3 Å². The zero-order valence-electron chi connectivity index (χ0n) is 9.00. The van der Waals surface area contributed by atoms with E-state index in [1.54, 1.807) is 0 Å². The van der Waals surface area contributed by atoms with E-state index in [0.717, 1.165) is 0 Å². The highest BCUT2D eigenvalue weighted by atomic mass is 16.2. The number of allylic oxidation sites excluding steroid dienone is 1. The second-order valence-electron chi connectivity index (χ2n) is 3.16. The number of Topliss-reactive ketones (excluding diaryl/α,β-unsaturated/α-hetero) is 1. The van der Waals surface area contributed by atoms with E-state index in [9.17, 15) is 14.4 Å². The maximum Gasteiger partial charge on any atom is 0.248 e. The molecule has 4 heteroatoms. The van der Waals surface area contributed by atoms with Crippen LogP contribution in [0, 0.1) is 0 Å². The van der Waals surface area contributed by atoms with Gasteiger partial charge in [-0.1, -0.05) is 6.08 Å². The predicted molar refractivity (Wildman–Crippen MR) is 57.3 cm³/mol. The molecule has 4 nitrogen and oxygen atoms in total. The quantitative estimate of drug-likeness (QED) is 0.519. The van der Waals surface area contributed by atoms with Crippen LogP contribution in [-0.4, -0.2) is 24.0 Å². The van der Waals surface area contributed by atoms with Crippen LogP contribution in [0.2, 0.25) is 0 Å². The van der Waals surface area contributed by atoms with Gasteiger partial charge in [-0.25, -0.2) is 0 Å². The molecule has 0 aromatic carbocycles. The third kappa shape index (κ3) is 6.37. The summed E-state index contributed by atoms with van der Waals surface area (Å²) in [7, 11) is 0. The van der Waals surface area contributed by atoms with Gasteiger partial charge in [0, 0.05) is 18.5 Å². The molecule has 0 saturated heterocycles. The fourth-order valence-electron chi connectivity index (χ4n) is 0.989. The number of carbonyl (C=O) groups is 3. The number of ketones is 2. The lowest BCUT2D eigenvalue weighted by molar-refractivity contribution is -0.121. The van der Waals surface area contributed by atoms with Crippen LogP contribution in [0.3, 0.4) is 0 Å². The number of rotatable bonds is 6. The van der Waals surface area contributed by atoms with Gasteiger partial charge in [-0.05, 0) is 19.9 Å². The monoisotopic (exact) mass is 209 g/mol. The highest BCUT2D eigenvalue weighted by molar-refractivity contribution is 6.04. The molecule has 0 aliphatic rings. The predicted octanol–water partition coefficient (Wildman–Crippen LogP) is 0.783. The molecule has 0 aliphatic heterocycles. The second-order valence-corrected chi connectivity index (χ2v) is 3.16. The van der Waals surface area contributed by atoms with E-state index in [4.69, 9.17) is 0 Å². The van der Waals surface area contributed by atoms with Gasteiger partial charge in [0.25, 0.3) is 0 Å². The highest BCUT2D eigenvalue weighted by Gasteiger charge is 2.11. The van der Waals surface area contributed by atoms with Crippen LogP contribution in [0.1, 0.15) is 20.3 Å². The fraction of sp³-hybridized carbons (Fsp3) is 0.364. The molecule has 0 radical (unpaired) electrons. The number of hydrogen-bond donors (Lipinski definition) is 1. The molecule has 82 valence electrons. The molecule has 0 saturated carbocycles. The zero-order valence-corrected chi connectivity index (χ0v) is 9.00. The van der Waals surface area contributed by atoms with Gasteiger partial charge in [0.1, 0.15) is 5.78 Å². The minimum atomic E-state index is -0.402. The summed E-state index contributed by atoms with van der Waals surface area (Å²) in [5.41, 5.74) is 0.192. The van der Waals surface area contributed by atoms with Gasteiger partial charge in [0.15, 0.2) is 5.78 Å². The summed E-state index contributed by atoms with van der Waals surface area (Å²) < 4.78 is 0. The summed E-state index contributed by atoms with van der Waals surface area (Å²) in [6.45, 7) is 6.46. The van der Waals surface area contributed by atoms with Gasteiger partial charge in [-0.3, -0.25) is 14.4 Å². The van der Waals surface area contributed by atoms with Crippen molar-refractivity contribution in [1.82, 2.24) is 5.32 Å². The fourth-order valence-corrected chi connectivity index (χ4v) is 0.989. The molecule has 1 N–H and O–H groups in total. The summed E-state index contributed by atoms with van der Waals surface area (Å²) in [5, 5.41) is 2.51. The number of nitrogens with one attached hydrogen (secondary N) is 1. The van der Waals surface area contributed by atoms with Crippen LogP contribution >= 0.6 is 0 Å². The Kier molecular flexibility index (Phi) is 5.94. The van der Waals surface area contributed by atoms with Crippen LogP contribution < -0.4 is 5.32 Å². The van der Waals surface area contributed by atoms with Gasteiger partial charge >= 0.3 is 0 Å². The van der Waals surface area contributed by atoms with Gasteiger partial charge in [0.2, 0.25) is 5.91 Å². The Bertz CT molecular complexity index is 316. The number of amides is 1. The zero-order chi connectivity index (χ0) is 11.8. The molecule has 0 atom stereocenters. The Labute approximate surface area is 89.0 Å². The summed E-state index contributed by atoms with van der Waals surface area (Å²) in [4.78, 5) is 33.1. The molecular weight excluding hydrogens is 194 g/mol. The van der Waals surface area contributed by atoms with E-state index < -0.39 is 5.91 Å². The first-order chi connectivity index (χ1) is 6.97. The van der Waals surface area contributed by atoms with Crippen LogP contribution in [0.4, 0.5) is 0 Å². The maximum absolute atomic E-state index is 11.4. The van der Waals surface area contributed by atoms with Crippen LogP contribution in [0.25, 0.3) is 0 Å². The van der Waals surface area contributed by atoms with Crippen molar-refractivity contribution < 1.29 is 14.4 Å². The Hall–Kier alpha value is -1.71. The molecule has 0 fully saturated rings. The summed E-state index contributed by atoms with van der Waals surface area (Å²) in [6.07, 6.45) is 2.68. The van der Waals surface area contributed by atoms with Crippen molar-refractivity contribution in [2.75, 3.05) is 6.54 Å². The summed E-state index contributed by atoms with van der Waals surface area (Å²) in [5.74, 6) is -0.809. The second kappa shape index (κ2) is 6.70. The van der Waals surface area contributed by atoms with Crippen LogP contribution in [-0.2, 0) is 14.4 Å².